The number of hydrogen-bond acceptors (Lipinski definition) is 2. The Kier molecular flexibility index (Phi) is 3.64. The third kappa shape index (κ3) is 2.51. The minimum Gasteiger partial charge on any atom is -0.330 e. The molecule has 1 aliphatic rings. The molecule has 5 heteroatoms. The molecule has 0 radical (unpaired) electrons. The molecular weight excluding hydrogens is 295 g/mol. The van der Waals surface area contributed by atoms with Crippen LogP contribution in [0, 0.1) is 0 Å². The van der Waals surface area contributed by atoms with Gasteiger partial charge in [-0.15, -0.1) is 0 Å². The molecule has 0 fully saturated rings. The Hall–Kier alpha value is -1.58. The highest BCUT2D eigenvalue weighted by Gasteiger charge is 2.28. The number of benzene rings is 1. The maximum Gasteiger partial charge on any atom is 0.254 e. The van der Waals surface area contributed by atoms with E-state index in [1.807, 2.05) is 30.3 Å². The third-order valence-electron chi connectivity index (χ3n) is 3.33. The Bertz CT molecular complexity index is 644. The molecule has 0 aliphatic carbocycles. The summed E-state index contributed by atoms with van der Waals surface area (Å²) < 4.78 is 0. The summed E-state index contributed by atoms with van der Waals surface area (Å²) in [7, 11) is 0. The van der Waals surface area contributed by atoms with Gasteiger partial charge in [0.1, 0.15) is 4.84 Å². The normalized spacial score (nSPS) is 13.9. The molecule has 0 saturated heterocycles. The fraction of sp³-hybridized carbons (Fsp3) is 0.200. The van der Waals surface area contributed by atoms with Crippen LogP contribution in [0.1, 0.15) is 32.0 Å². The topological polar surface area (TPSA) is 33.2 Å². The molecule has 0 N–H and O–H groups in total. The highest BCUT2D eigenvalue weighted by Crippen LogP contribution is 2.29. The van der Waals surface area contributed by atoms with E-state index in [2.05, 4.69) is 4.98 Å². The maximum absolute atomic E-state index is 12.4. The predicted molar refractivity (Wildman–Crippen MR) is 78.7 cm³/mol. The van der Waals surface area contributed by atoms with Gasteiger partial charge in [-0.05, 0) is 11.6 Å². The lowest BCUT2D eigenvalue weighted by Gasteiger charge is -2.15. The van der Waals surface area contributed by atoms with Crippen LogP contribution in [-0.4, -0.2) is 15.8 Å². The number of fused-ring (bicyclic) bond motifs is 1. The first-order valence-corrected chi connectivity index (χ1v) is 7.12. The van der Waals surface area contributed by atoms with Crippen molar-refractivity contribution < 1.29 is 4.79 Å². The second-order valence-electron chi connectivity index (χ2n) is 4.71. The van der Waals surface area contributed by atoms with Gasteiger partial charge in [-0.25, -0.2) is 0 Å². The Balaban J connectivity index is 1.84. The molecule has 0 saturated carbocycles. The van der Waals surface area contributed by atoms with Crippen LogP contribution in [-0.2, 0) is 13.1 Å². The minimum absolute atomic E-state index is 0.00138. The van der Waals surface area contributed by atoms with Crippen molar-refractivity contribution in [1.29, 1.82) is 0 Å². The van der Waals surface area contributed by atoms with Gasteiger partial charge in [0.15, 0.2) is 0 Å². The lowest BCUT2D eigenvalue weighted by molar-refractivity contribution is 0.0766. The zero-order valence-electron chi connectivity index (χ0n) is 10.6. The number of alkyl halides is 2. The number of rotatable bonds is 3. The number of hydrogen-bond donors (Lipinski definition) is 0. The van der Waals surface area contributed by atoms with Crippen LogP contribution in [0.4, 0.5) is 0 Å². The van der Waals surface area contributed by atoms with Gasteiger partial charge in [-0.3, -0.25) is 9.78 Å². The van der Waals surface area contributed by atoms with Crippen molar-refractivity contribution in [2.24, 2.45) is 0 Å². The summed E-state index contributed by atoms with van der Waals surface area (Å²) in [5.41, 5.74) is 3.19. The van der Waals surface area contributed by atoms with E-state index in [0.29, 0.717) is 24.3 Å². The molecule has 3 rings (SSSR count). The molecule has 2 heterocycles. The van der Waals surface area contributed by atoms with Crippen molar-refractivity contribution in [3.8, 4) is 0 Å². The van der Waals surface area contributed by atoms with Gasteiger partial charge < -0.3 is 4.90 Å². The van der Waals surface area contributed by atoms with Gasteiger partial charge in [0.05, 0.1) is 5.69 Å². The first kappa shape index (κ1) is 13.4. The van der Waals surface area contributed by atoms with Crippen LogP contribution in [0.25, 0.3) is 0 Å². The van der Waals surface area contributed by atoms with E-state index >= 15 is 0 Å². The summed E-state index contributed by atoms with van der Waals surface area (Å²) in [4.78, 5) is 17.7. The molecule has 1 aromatic heterocycles. The fourth-order valence-electron chi connectivity index (χ4n) is 2.32. The molecule has 2 aromatic rings. The number of carbonyl (C=O) groups excluding carboxylic acids is 1. The van der Waals surface area contributed by atoms with Crippen LogP contribution in [0.2, 0.25) is 0 Å². The molecule has 102 valence electrons. The van der Waals surface area contributed by atoms with Crippen molar-refractivity contribution >= 4 is 29.1 Å². The summed E-state index contributed by atoms with van der Waals surface area (Å²) in [5, 5.41) is 0. The minimum atomic E-state index is -0.712. The van der Waals surface area contributed by atoms with E-state index in [0.717, 1.165) is 11.1 Å². The third-order valence-corrected chi connectivity index (χ3v) is 3.77. The van der Waals surface area contributed by atoms with Crippen LogP contribution in [0.15, 0.2) is 42.6 Å². The second-order valence-corrected chi connectivity index (χ2v) is 5.81. The monoisotopic (exact) mass is 306 g/mol. The average Bonchev–Trinajstić information content (AvgIpc) is 2.76. The van der Waals surface area contributed by atoms with Crippen LogP contribution >= 0.6 is 23.2 Å². The number of carbonyl (C=O) groups is 1. The molecule has 1 amide bonds. The summed E-state index contributed by atoms with van der Waals surface area (Å²) >= 11 is 11.6. The summed E-state index contributed by atoms with van der Waals surface area (Å²) in [5.74, 6) is 0.00138. The summed E-state index contributed by atoms with van der Waals surface area (Å²) in [6, 6.07) is 11.6. The lowest BCUT2D eigenvalue weighted by atomic mass is 10.1. The van der Waals surface area contributed by atoms with Gasteiger partial charge in [-0.2, -0.15) is 0 Å². The Morgan fingerprint density at radius 2 is 2.00 bits per heavy atom. The highest BCUT2D eigenvalue weighted by molar-refractivity contribution is 6.43. The zero-order valence-corrected chi connectivity index (χ0v) is 12.1. The van der Waals surface area contributed by atoms with Gasteiger partial charge in [0.2, 0.25) is 0 Å². The standard InChI is InChI=1S/C15H12Cl2N2O/c16-14(17)13-6-12-11(7-18-13)9-19(15(12)20)8-10-4-2-1-3-5-10/h1-7,14H,8-9H2. The zero-order chi connectivity index (χ0) is 14.1. The molecule has 1 aromatic carbocycles. The first-order chi connectivity index (χ1) is 9.65. The van der Waals surface area contributed by atoms with Crippen molar-refractivity contribution in [2.45, 2.75) is 17.9 Å². The molecule has 0 spiro atoms. The van der Waals surface area contributed by atoms with E-state index < -0.39 is 4.84 Å². The average molecular weight is 307 g/mol. The smallest absolute Gasteiger partial charge is 0.254 e. The fourth-order valence-corrected chi connectivity index (χ4v) is 2.56. The quantitative estimate of drug-likeness (QED) is 0.810. The largest absolute Gasteiger partial charge is 0.330 e. The Morgan fingerprint density at radius 1 is 1.25 bits per heavy atom. The van der Waals surface area contributed by atoms with E-state index in [1.54, 1.807) is 17.2 Å². The predicted octanol–water partition coefficient (Wildman–Crippen LogP) is 3.71. The van der Waals surface area contributed by atoms with E-state index in [1.165, 1.54) is 0 Å². The molecule has 0 unspecified atom stereocenters. The van der Waals surface area contributed by atoms with E-state index in [4.69, 9.17) is 23.2 Å². The van der Waals surface area contributed by atoms with Gasteiger partial charge in [-0.1, -0.05) is 53.5 Å². The van der Waals surface area contributed by atoms with Crippen LogP contribution in [0.5, 0.6) is 0 Å². The number of aromatic nitrogens is 1. The molecule has 20 heavy (non-hydrogen) atoms. The second kappa shape index (κ2) is 5.43. The number of amides is 1. The van der Waals surface area contributed by atoms with Gasteiger partial charge in [0, 0.05) is 30.4 Å². The van der Waals surface area contributed by atoms with E-state index in [-0.39, 0.29) is 5.91 Å². The van der Waals surface area contributed by atoms with Crippen LogP contribution < -0.4 is 0 Å². The van der Waals surface area contributed by atoms with Crippen molar-refractivity contribution in [3.05, 3.63) is 65.0 Å². The number of nitrogens with zero attached hydrogens (tertiary/aromatic N) is 2. The van der Waals surface area contributed by atoms with Crippen molar-refractivity contribution in [3.63, 3.8) is 0 Å². The van der Waals surface area contributed by atoms with Gasteiger partial charge in [0.25, 0.3) is 5.91 Å². The Labute approximate surface area is 127 Å². The molecule has 0 atom stereocenters. The van der Waals surface area contributed by atoms with Crippen molar-refractivity contribution in [1.82, 2.24) is 9.88 Å². The maximum atomic E-state index is 12.4. The summed E-state index contributed by atoms with van der Waals surface area (Å²) in [6.07, 6.45) is 1.69. The number of halogens is 2. The Morgan fingerprint density at radius 3 is 2.70 bits per heavy atom. The SMILES string of the molecule is O=C1c2cc(C(Cl)Cl)ncc2CN1Cc1ccccc1. The highest BCUT2D eigenvalue weighted by atomic mass is 35.5. The molecule has 3 nitrogen and oxygen atoms in total. The molecule has 1 aliphatic heterocycles. The van der Waals surface area contributed by atoms with Gasteiger partial charge >= 0.3 is 0 Å². The summed E-state index contributed by atoms with van der Waals surface area (Å²) in [6.45, 7) is 1.17. The number of pyridine rings is 1. The van der Waals surface area contributed by atoms with Crippen molar-refractivity contribution in [2.75, 3.05) is 0 Å². The molecule has 0 bridgehead atoms. The van der Waals surface area contributed by atoms with Crippen LogP contribution in [0.3, 0.4) is 0 Å². The van der Waals surface area contributed by atoms with E-state index in [9.17, 15) is 4.79 Å². The lowest BCUT2D eigenvalue weighted by Crippen LogP contribution is -2.23. The molecular formula is C15H12Cl2N2O. The first-order valence-electron chi connectivity index (χ1n) is 6.25.